The number of aromatic nitrogens is 5. The van der Waals surface area contributed by atoms with Crippen molar-refractivity contribution in [2.45, 2.75) is 31.3 Å². The molecule has 2 atom stereocenters. The van der Waals surface area contributed by atoms with Crippen molar-refractivity contribution in [3.8, 4) is 11.4 Å². The maximum absolute atomic E-state index is 12.2. The number of carbonyl (C=O) groups excluding carboxylic acids is 1. The molecule has 136 valence electrons. The Morgan fingerprint density at radius 3 is 2.67 bits per heavy atom. The summed E-state index contributed by atoms with van der Waals surface area (Å²) in [6.07, 6.45) is 7.65. The van der Waals surface area contributed by atoms with Crippen LogP contribution in [-0.4, -0.2) is 43.1 Å². The zero-order valence-electron chi connectivity index (χ0n) is 14.6. The predicted molar refractivity (Wildman–Crippen MR) is 99.8 cm³/mol. The Morgan fingerprint density at radius 2 is 1.85 bits per heavy atom. The van der Waals surface area contributed by atoms with E-state index in [9.17, 15) is 4.79 Å². The molecule has 4 rings (SSSR count). The van der Waals surface area contributed by atoms with Crippen LogP contribution in [0.4, 0.5) is 5.95 Å². The maximum Gasteiger partial charge on any atom is 0.272 e. The quantitative estimate of drug-likeness (QED) is 0.717. The molecule has 27 heavy (non-hydrogen) atoms. The second-order valence-corrected chi connectivity index (χ2v) is 6.41. The van der Waals surface area contributed by atoms with Crippen molar-refractivity contribution in [1.82, 2.24) is 30.5 Å². The molecule has 3 heterocycles. The summed E-state index contributed by atoms with van der Waals surface area (Å²) < 4.78 is 0. The van der Waals surface area contributed by atoms with Gasteiger partial charge in [-0.2, -0.15) is 5.10 Å². The van der Waals surface area contributed by atoms with Gasteiger partial charge in [-0.1, -0.05) is 6.07 Å². The van der Waals surface area contributed by atoms with Crippen LogP contribution in [0.2, 0.25) is 0 Å². The number of hydrogen-bond donors (Lipinski definition) is 2. The number of anilines is 1. The molecule has 0 unspecified atom stereocenters. The summed E-state index contributed by atoms with van der Waals surface area (Å²) in [5, 5.41) is 14.0. The molecule has 0 radical (unpaired) electrons. The first kappa shape index (κ1) is 17.0. The van der Waals surface area contributed by atoms with Gasteiger partial charge in [-0.05, 0) is 49.6 Å². The van der Waals surface area contributed by atoms with E-state index >= 15 is 0 Å². The topological polar surface area (TPSA) is 106 Å². The van der Waals surface area contributed by atoms with Crippen LogP contribution in [0.5, 0.6) is 0 Å². The van der Waals surface area contributed by atoms with Crippen molar-refractivity contribution in [3.63, 3.8) is 0 Å². The highest BCUT2D eigenvalue weighted by Crippen LogP contribution is 2.23. The summed E-state index contributed by atoms with van der Waals surface area (Å²) in [6, 6.07) is 11.2. The molecule has 3 aromatic heterocycles. The number of hydrogen-bond acceptors (Lipinski definition) is 7. The largest absolute Gasteiger partial charge is 0.351 e. The molecule has 1 aliphatic rings. The van der Waals surface area contributed by atoms with E-state index in [0.29, 0.717) is 11.6 Å². The lowest BCUT2D eigenvalue weighted by Crippen LogP contribution is -2.34. The van der Waals surface area contributed by atoms with E-state index in [1.165, 1.54) is 0 Å². The average molecular weight is 361 g/mol. The van der Waals surface area contributed by atoms with E-state index in [4.69, 9.17) is 0 Å². The number of nitrogens with zero attached hydrogens (tertiary/aromatic N) is 5. The molecule has 3 aromatic rings. The van der Waals surface area contributed by atoms with Gasteiger partial charge in [0, 0.05) is 30.7 Å². The Bertz CT molecular complexity index is 904. The zero-order valence-corrected chi connectivity index (χ0v) is 14.6. The third-order valence-corrected chi connectivity index (χ3v) is 4.49. The number of rotatable bonds is 5. The average Bonchev–Trinajstić information content (AvgIpc) is 3.16. The Hall–Kier alpha value is -3.42. The van der Waals surface area contributed by atoms with Crippen molar-refractivity contribution in [2.24, 2.45) is 0 Å². The number of carbonyl (C=O) groups is 1. The first-order valence-electron chi connectivity index (χ1n) is 8.87. The van der Waals surface area contributed by atoms with Gasteiger partial charge in [-0.3, -0.25) is 9.78 Å². The summed E-state index contributed by atoms with van der Waals surface area (Å²) in [6.45, 7) is 0. The number of pyridine rings is 1. The minimum Gasteiger partial charge on any atom is -0.351 e. The lowest BCUT2D eigenvalue weighted by molar-refractivity contribution is 0.0931. The van der Waals surface area contributed by atoms with Gasteiger partial charge in [0.15, 0.2) is 5.69 Å². The van der Waals surface area contributed by atoms with Crippen LogP contribution in [0.3, 0.4) is 0 Å². The lowest BCUT2D eigenvalue weighted by atomic mass is 10.2. The van der Waals surface area contributed by atoms with Crippen LogP contribution >= 0.6 is 0 Å². The van der Waals surface area contributed by atoms with Crippen molar-refractivity contribution >= 4 is 11.9 Å². The summed E-state index contributed by atoms with van der Waals surface area (Å²) in [4.78, 5) is 25.4. The van der Waals surface area contributed by atoms with Gasteiger partial charge < -0.3 is 10.6 Å². The van der Waals surface area contributed by atoms with Crippen LogP contribution in [-0.2, 0) is 0 Å². The first-order valence-corrected chi connectivity index (χ1v) is 8.87. The standard InChI is InChI=1S/C19H19N7O/c27-18(17-5-3-10-22-26-17)23-13-6-7-14(12-13)24-19-21-11-8-16(25-19)15-4-1-2-9-20-15/h1-5,8-11,13-14H,6-7,12H2,(H,23,27)(H,21,24,25)/t13-,14-/m0/s1. The third-order valence-electron chi connectivity index (χ3n) is 4.49. The first-order chi connectivity index (χ1) is 13.3. The molecule has 1 fully saturated rings. The lowest BCUT2D eigenvalue weighted by Gasteiger charge is -2.14. The summed E-state index contributed by atoms with van der Waals surface area (Å²) in [5.74, 6) is 0.381. The molecule has 0 saturated heterocycles. The molecule has 1 aliphatic carbocycles. The Kier molecular flexibility index (Phi) is 4.95. The molecule has 8 heteroatoms. The minimum atomic E-state index is -0.192. The van der Waals surface area contributed by atoms with Crippen LogP contribution < -0.4 is 10.6 Å². The molecule has 0 spiro atoms. The molecule has 2 N–H and O–H groups in total. The van der Waals surface area contributed by atoms with E-state index in [-0.39, 0.29) is 18.0 Å². The van der Waals surface area contributed by atoms with E-state index in [1.807, 2.05) is 24.3 Å². The zero-order chi connectivity index (χ0) is 18.5. The summed E-state index contributed by atoms with van der Waals surface area (Å²) in [5.41, 5.74) is 1.92. The normalized spacial score (nSPS) is 18.8. The highest BCUT2D eigenvalue weighted by molar-refractivity contribution is 5.92. The van der Waals surface area contributed by atoms with Gasteiger partial charge in [-0.25, -0.2) is 9.97 Å². The number of nitrogens with one attached hydrogen (secondary N) is 2. The third kappa shape index (κ3) is 4.22. The molecule has 0 aromatic carbocycles. The van der Waals surface area contributed by atoms with E-state index in [0.717, 1.165) is 30.7 Å². The minimum absolute atomic E-state index is 0.0935. The van der Waals surface area contributed by atoms with E-state index < -0.39 is 0 Å². The van der Waals surface area contributed by atoms with Crippen LogP contribution in [0, 0.1) is 0 Å². The fourth-order valence-corrected chi connectivity index (χ4v) is 3.19. The van der Waals surface area contributed by atoms with Crippen molar-refractivity contribution < 1.29 is 4.79 Å². The molecular weight excluding hydrogens is 342 g/mol. The van der Waals surface area contributed by atoms with Gasteiger partial charge >= 0.3 is 0 Å². The van der Waals surface area contributed by atoms with Gasteiger partial charge in [0.2, 0.25) is 5.95 Å². The Labute approximate surface area is 156 Å². The summed E-state index contributed by atoms with van der Waals surface area (Å²) >= 11 is 0. The monoisotopic (exact) mass is 361 g/mol. The second-order valence-electron chi connectivity index (χ2n) is 6.41. The van der Waals surface area contributed by atoms with Crippen LogP contribution in [0.1, 0.15) is 29.8 Å². The fraction of sp³-hybridized carbons (Fsp3) is 0.263. The van der Waals surface area contributed by atoms with Crippen LogP contribution in [0.25, 0.3) is 11.4 Å². The highest BCUT2D eigenvalue weighted by atomic mass is 16.2. The summed E-state index contributed by atoms with van der Waals surface area (Å²) in [7, 11) is 0. The highest BCUT2D eigenvalue weighted by Gasteiger charge is 2.27. The molecule has 1 saturated carbocycles. The second kappa shape index (κ2) is 7.86. The predicted octanol–water partition coefficient (Wildman–Crippen LogP) is 2.09. The number of amides is 1. The maximum atomic E-state index is 12.2. The Balaban J connectivity index is 1.36. The van der Waals surface area contributed by atoms with Crippen molar-refractivity contribution in [2.75, 3.05) is 5.32 Å². The smallest absolute Gasteiger partial charge is 0.272 e. The SMILES string of the molecule is O=C(N[C@H]1CC[C@H](Nc2nccc(-c3ccccn3)n2)C1)c1cccnn1. The van der Waals surface area contributed by atoms with Crippen molar-refractivity contribution in [3.05, 3.63) is 60.7 Å². The molecule has 1 amide bonds. The van der Waals surface area contributed by atoms with Crippen molar-refractivity contribution in [1.29, 1.82) is 0 Å². The van der Waals surface area contributed by atoms with Gasteiger partial charge in [-0.15, -0.1) is 5.10 Å². The van der Waals surface area contributed by atoms with Gasteiger partial charge in [0.25, 0.3) is 5.91 Å². The van der Waals surface area contributed by atoms with Crippen LogP contribution in [0.15, 0.2) is 55.0 Å². The van der Waals surface area contributed by atoms with Gasteiger partial charge in [0.1, 0.15) is 0 Å². The molecule has 0 aliphatic heterocycles. The molecular formula is C19H19N7O. The molecule has 0 bridgehead atoms. The molecule has 8 nitrogen and oxygen atoms in total. The fourth-order valence-electron chi connectivity index (χ4n) is 3.19. The van der Waals surface area contributed by atoms with E-state index in [1.54, 1.807) is 30.7 Å². The van der Waals surface area contributed by atoms with E-state index in [2.05, 4.69) is 35.8 Å². The van der Waals surface area contributed by atoms with Gasteiger partial charge in [0.05, 0.1) is 11.4 Å². The Morgan fingerprint density at radius 1 is 0.926 bits per heavy atom.